The van der Waals surface area contributed by atoms with Crippen molar-refractivity contribution >= 4 is 11.6 Å². The summed E-state index contributed by atoms with van der Waals surface area (Å²) >= 11 is 0. The predicted molar refractivity (Wildman–Crippen MR) is 70.1 cm³/mol. The second-order valence-electron chi connectivity index (χ2n) is 4.26. The second-order valence-corrected chi connectivity index (χ2v) is 4.26. The van der Waals surface area contributed by atoms with Crippen molar-refractivity contribution in [1.29, 1.82) is 5.26 Å². The van der Waals surface area contributed by atoms with E-state index >= 15 is 0 Å². The number of anilines is 1. The third-order valence-corrected chi connectivity index (χ3v) is 2.94. The van der Waals surface area contributed by atoms with E-state index in [2.05, 4.69) is 21.4 Å². The molecule has 0 bridgehead atoms. The molecule has 0 spiro atoms. The Labute approximate surface area is 115 Å². The lowest BCUT2D eigenvalue weighted by Gasteiger charge is -2.19. The molecule has 1 aliphatic rings. The number of carbonyl (C=O) groups is 1. The molecular weight excluding hydrogens is 256 g/mol. The van der Waals surface area contributed by atoms with Gasteiger partial charge in [-0.1, -0.05) is 6.07 Å². The van der Waals surface area contributed by atoms with Gasteiger partial charge in [-0.3, -0.25) is 4.79 Å². The van der Waals surface area contributed by atoms with Gasteiger partial charge in [-0.15, -0.1) is 0 Å². The van der Waals surface area contributed by atoms with Crippen molar-refractivity contribution in [3.8, 4) is 11.8 Å². The van der Waals surface area contributed by atoms with Crippen molar-refractivity contribution < 1.29 is 9.53 Å². The Hall–Kier alpha value is -2.94. The summed E-state index contributed by atoms with van der Waals surface area (Å²) in [6, 6.07) is 9.10. The van der Waals surface area contributed by atoms with Crippen LogP contribution in [0.3, 0.4) is 0 Å². The van der Waals surface area contributed by atoms with E-state index in [1.807, 2.05) is 0 Å². The van der Waals surface area contributed by atoms with Crippen molar-refractivity contribution in [3.63, 3.8) is 0 Å². The van der Waals surface area contributed by atoms with Crippen LogP contribution in [0.2, 0.25) is 0 Å². The van der Waals surface area contributed by atoms with Crippen molar-refractivity contribution in [2.75, 3.05) is 11.9 Å². The molecule has 98 valence electrons. The van der Waals surface area contributed by atoms with E-state index in [0.717, 1.165) is 0 Å². The van der Waals surface area contributed by atoms with Gasteiger partial charge in [0.15, 0.2) is 6.61 Å². The lowest BCUT2D eigenvalue weighted by atomic mass is 9.98. The van der Waals surface area contributed by atoms with Crippen LogP contribution < -0.4 is 10.1 Å². The van der Waals surface area contributed by atoms with Gasteiger partial charge in [-0.05, 0) is 23.8 Å². The highest BCUT2D eigenvalue weighted by atomic mass is 16.5. The summed E-state index contributed by atoms with van der Waals surface area (Å²) in [5, 5.41) is 12.1. The number of amides is 1. The first-order chi connectivity index (χ1) is 9.78. The largest absolute Gasteiger partial charge is 0.482 e. The molecule has 0 fully saturated rings. The van der Waals surface area contributed by atoms with E-state index in [1.165, 1.54) is 0 Å². The molecular formula is C14H10N4O2. The van der Waals surface area contributed by atoms with Crippen molar-refractivity contribution in [3.05, 3.63) is 48.0 Å². The molecule has 0 saturated heterocycles. The summed E-state index contributed by atoms with van der Waals surface area (Å²) in [6.07, 6.45) is 3.19. The molecule has 1 aromatic carbocycles. The number of hydrogen-bond acceptors (Lipinski definition) is 5. The van der Waals surface area contributed by atoms with Gasteiger partial charge in [0.25, 0.3) is 5.91 Å². The van der Waals surface area contributed by atoms with E-state index in [-0.39, 0.29) is 12.5 Å². The molecule has 2 aromatic rings. The molecule has 0 radical (unpaired) electrons. The van der Waals surface area contributed by atoms with Gasteiger partial charge < -0.3 is 10.1 Å². The Balaban J connectivity index is 2.00. The van der Waals surface area contributed by atoms with Crippen LogP contribution in [0.15, 0.2) is 36.7 Å². The minimum Gasteiger partial charge on any atom is -0.482 e. The Bertz CT molecular complexity index is 694. The quantitative estimate of drug-likeness (QED) is 0.889. The Morgan fingerprint density at radius 2 is 2.15 bits per heavy atom. The third kappa shape index (κ3) is 2.17. The summed E-state index contributed by atoms with van der Waals surface area (Å²) in [5.74, 6) is 0.233. The number of nitrogens with zero attached hydrogens (tertiary/aromatic N) is 3. The molecule has 2 heterocycles. The van der Waals surface area contributed by atoms with Crippen LogP contribution >= 0.6 is 0 Å². The maximum absolute atomic E-state index is 11.3. The standard InChI is InChI=1S/C14H10N4O2/c15-7-10(14-16-4-1-5-17-14)9-2-3-12-11(6-9)18-13(19)8-20-12/h1-6,10H,8H2,(H,18,19). The fourth-order valence-corrected chi connectivity index (χ4v) is 2.02. The van der Waals surface area contributed by atoms with Gasteiger partial charge in [0.1, 0.15) is 17.5 Å². The number of hydrogen-bond donors (Lipinski definition) is 1. The monoisotopic (exact) mass is 266 g/mol. The zero-order chi connectivity index (χ0) is 13.9. The smallest absolute Gasteiger partial charge is 0.262 e. The summed E-state index contributed by atoms with van der Waals surface area (Å²) in [4.78, 5) is 19.5. The molecule has 6 heteroatoms. The molecule has 6 nitrogen and oxygen atoms in total. The second kappa shape index (κ2) is 4.97. The number of fused-ring (bicyclic) bond motifs is 1. The normalized spacial score (nSPS) is 14.4. The van der Waals surface area contributed by atoms with Crippen LogP contribution in [-0.4, -0.2) is 22.5 Å². The van der Waals surface area contributed by atoms with Gasteiger partial charge in [-0.25, -0.2) is 9.97 Å². The number of ether oxygens (including phenoxy) is 1. The van der Waals surface area contributed by atoms with Gasteiger partial charge >= 0.3 is 0 Å². The first kappa shape index (κ1) is 12.1. The summed E-state index contributed by atoms with van der Waals surface area (Å²) < 4.78 is 5.28. The van der Waals surface area contributed by atoms with E-state index < -0.39 is 5.92 Å². The lowest BCUT2D eigenvalue weighted by molar-refractivity contribution is -0.118. The number of carbonyl (C=O) groups excluding carboxylic acids is 1. The van der Waals surface area contributed by atoms with E-state index in [9.17, 15) is 10.1 Å². The molecule has 1 aliphatic heterocycles. The third-order valence-electron chi connectivity index (χ3n) is 2.94. The fourth-order valence-electron chi connectivity index (χ4n) is 2.02. The zero-order valence-corrected chi connectivity index (χ0v) is 10.4. The molecule has 1 N–H and O–H groups in total. The molecule has 0 saturated carbocycles. The van der Waals surface area contributed by atoms with Crippen LogP contribution in [0.25, 0.3) is 0 Å². The topological polar surface area (TPSA) is 87.9 Å². The number of rotatable bonds is 2. The van der Waals surface area contributed by atoms with Gasteiger partial charge in [-0.2, -0.15) is 5.26 Å². The Kier molecular flexibility index (Phi) is 3.01. The zero-order valence-electron chi connectivity index (χ0n) is 10.4. The predicted octanol–water partition coefficient (Wildman–Crippen LogP) is 1.46. The molecule has 1 aromatic heterocycles. The molecule has 1 amide bonds. The average molecular weight is 266 g/mol. The highest BCUT2D eigenvalue weighted by Crippen LogP contribution is 2.32. The maximum atomic E-state index is 11.3. The first-order valence-corrected chi connectivity index (χ1v) is 6.01. The average Bonchev–Trinajstić information content (AvgIpc) is 2.49. The van der Waals surface area contributed by atoms with Gasteiger partial charge in [0.2, 0.25) is 0 Å². The number of aromatic nitrogens is 2. The molecule has 1 atom stereocenters. The minimum atomic E-state index is -0.583. The van der Waals surface area contributed by atoms with Crippen molar-refractivity contribution in [1.82, 2.24) is 9.97 Å². The highest BCUT2D eigenvalue weighted by Gasteiger charge is 2.21. The highest BCUT2D eigenvalue weighted by molar-refractivity contribution is 5.95. The Morgan fingerprint density at radius 1 is 1.35 bits per heavy atom. The summed E-state index contributed by atoms with van der Waals surface area (Å²) in [6.45, 7) is 0.00974. The maximum Gasteiger partial charge on any atom is 0.262 e. The lowest BCUT2D eigenvalue weighted by Crippen LogP contribution is -2.25. The molecule has 20 heavy (non-hydrogen) atoms. The van der Waals surface area contributed by atoms with Crippen molar-refractivity contribution in [2.45, 2.75) is 5.92 Å². The first-order valence-electron chi connectivity index (χ1n) is 6.01. The van der Waals surface area contributed by atoms with E-state index in [4.69, 9.17) is 4.74 Å². The number of nitrogens with one attached hydrogen (secondary N) is 1. The summed E-state index contributed by atoms with van der Waals surface area (Å²) in [7, 11) is 0. The number of benzene rings is 1. The van der Waals surface area contributed by atoms with Crippen LogP contribution in [-0.2, 0) is 4.79 Å². The van der Waals surface area contributed by atoms with E-state index in [0.29, 0.717) is 22.8 Å². The van der Waals surface area contributed by atoms with Crippen LogP contribution in [0, 0.1) is 11.3 Å². The number of nitriles is 1. The minimum absolute atomic E-state index is 0.00974. The van der Waals surface area contributed by atoms with Gasteiger partial charge in [0.05, 0.1) is 11.8 Å². The van der Waals surface area contributed by atoms with Crippen LogP contribution in [0.5, 0.6) is 5.75 Å². The molecule has 1 unspecified atom stereocenters. The SMILES string of the molecule is N#CC(c1ccc2c(c1)NC(=O)CO2)c1ncccn1. The van der Waals surface area contributed by atoms with Crippen LogP contribution in [0.4, 0.5) is 5.69 Å². The van der Waals surface area contributed by atoms with Gasteiger partial charge in [0, 0.05) is 12.4 Å². The van der Waals surface area contributed by atoms with Crippen molar-refractivity contribution in [2.24, 2.45) is 0 Å². The molecule has 0 aliphatic carbocycles. The summed E-state index contributed by atoms with van der Waals surface area (Å²) in [5.41, 5.74) is 1.28. The Morgan fingerprint density at radius 3 is 2.90 bits per heavy atom. The fraction of sp³-hybridized carbons (Fsp3) is 0.143. The van der Waals surface area contributed by atoms with E-state index in [1.54, 1.807) is 36.7 Å². The molecule has 3 rings (SSSR count). The van der Waals surface area contributed by atoms with Crippen LogP contribution in [0.1, 0.15) is 17.3 Å².